The first-order chi connectivity index (χ1) is 11.7. The highest BCUT2D eigenvalue weighted by Crippen LogP contribution is 2.27. The number of hydrogen-bond donors (Lipinski definition) is 2. The lowest BCUT2D eigenvalue weighted by molar-refractivity contribution is 0.0837. The van der Waals surface area contributed by atoms with Crippen molar-refractivity contribution in [3.8, 4) is 5.75 Å². The maximum absolute atomic E-state index is 12.4. The van der Waals surface area contributed by atoms with Crippen LogP contribution in [-0.2, 0) is 6.61 Å². The maximum atomic E-state index is 12.4. The second-order valence-corrected chi connectivity index (χ2v) is 6.81. The zero-order chi connectivity index (χ0) is 16.8. The van der Waals surface area contributed by atoms with Crippen LogP contribution in [0.5, 0.6) is 5.75 Å². The smallest absolute Gasteiger partial charge is 0.255 e. The van der Waals surface area contributed by atoms with Crippen LogP contribution >= 0.6 is 11.3 Å². The fourth-order valence-electron chi connectivity index (χ4n) is 3.04. The predicted octanol–water partition coefficient (Wildman–Crippen LogP) is 3.00. The van der Waals surface area contributed by atoms with Crippen molar-refractivity contribution in [1.82, 2.24) is 10.3 Å². The highest BCUT2D eigenvalue weighted by Gasteiger charge is 2.24. The molecule has 0 saturated heterocycles. The Balaban J connectivity index is 1.57. The molecular formula is C18H22N2O3S. The maximum Gasteiger partial charge on any atom is 0.255 e. The minimum atomic E-state index is -0.473. The summed E-state index contributed by atoms with van der Waals surface area (Å²) in [5.74, 6) is 0.612. The van der Waals surface area contributed by atoms with Gasteiger partial charge in [-0.3, -0.25) is 4.79 Å². The summed E-state index contributed by atoms with van der Waals surface area (Å²) >= 11 is 1.51. The number of hydrogen-bond acceptors (Lipinski definition) is 5. The minimum Gasteiger partial charge on any atom is -0.486 e. The van der Waals surface area contributed by atoms with Crippen LogP contribution in [-0.4, -0.2) is 28.6 Å². The summed E-state index contributed by atoms with van der Waals surface area (Å²) in [5.41, 5.74) is 3.07. The molecule has 5 nitrogen and oxygen atoms in total. The van der Waals surface area contributed by atoms with Crippen molar-refractivity contribution in [2.24, 2.45) is 5.92 Å². The van der Waals surface area contributed by atoms with Gasteiger partial charge in [-0.2, -0.15) is 0 Å². The Kier molecular flexibility index (Phi) is 5.82. The predicted molar refractivity (Wildman–Crippen MR) is 93.2 cm³/mol. The summed E-state index contributed by atoms with van der Waals surface area (Å²) in [7, 11) is 0. The number of rotatable bonds is 7. The van der Waals surface area contributed by atoms with E-state index in [0.717, 1.165) is 18.5 Å². The van der Waals surface area contributed by atoms with Gasteiger partial charge in [-0.1, -0.05) is 25.0 Å². The van der Waals surface area contributed by atoms with E-state index in [2.05, 4.69) is 10.3 Å². The van der Waals surface area contributed by atoms with Crippen LogP contribution in [0.15, 0.2) is 35.2 Å². The molecule has 1 heterocycles. The van der Waals surface area contributed by atoms with Gasteiger partial charge in [0.1, 0.15) is 12.4 Å². The number of aromatic nitrogens is 1. The van der Waals surface area contributed by atoms with Gasteiger partial charge in [-0.15, -0.1) is 11.3 Å². The molecule has 3 rings (SSSR count). The summed E-state index contributed by atoms with van der Waals surface area (Å²) < 4.78 is 5.73. The number of nitrogens with one attached hydrogen (secondary N) is 1. The first kappa shape index (κ1) is 16.9. The molecule has 6 heteroatoms. The SMILES string of the molecule is O=C(NCC(O)C1CCCC1)c1ccccc1OCc1cscn1. The normalized spacial score (nSPS) is 16.0. The molecule has 1 aliphatic carbocycles. The number of aliphatic hydroxyl groups excluding tert-OH is 1. The molecule has 24 heavy (non-hydrogen) atoms. The summed E-state index contributed by atoms with van der Waals surface area (Å²) in [6.07, 6.45) is 3.96. The number of carbonyl (C=O) groups excluding carboxylic acids is 1. The molecule has 128 valence electrons. The van der Waals surface area contributed by atoms with Crippen molar-refractivity contribution in [3.63, 3.8) is 0 Å². The van der Waals surface area contributed by atoms with Gasteiger partial charge in [0.15, 0.2) is 0 Å². The third kappa shape index (κ3) is 4.33. The number of ether oxygens (including phenoxy) is 1. The van der Waals surface area contributed by atoms with Gasteiger partial charge in [0.05, 0.1) is 22.9 Å². The molecular weight excluding hydrogens is 324 g/mol. The quantitative estimate of drug-likeness (QED) is 0.808. The first-order valence-corrected chi connectivity index (χ1v) is 9.23. The number of aliphatic hydroxyl groups is 1. The highest BCUT2D eigenvalue weighted by atomic mass is 32.1. The molecule has 1 unspecified atom stereocenters. The fraction of sp³-hybridized carbons (Fsp3) is 0.444. The van der Waals surface area contributed by atoms with E-state index in [0.29, 0.717) is 23.8 Å². The number of thiazole rings is 1. The third-order valence-electron chi connectivity index (χ3n) is 4.41. The van der Waals surface area contributed by atoms with E-state index in [1.54, 1.807) is 23.7 Å². The average molecular weight is 346 g/mol. The average Bonchev–Trinajstić information content (AvgIpc) is 3.31. The highest BCUT2D eigenvalue weighted by molar-refractivity contribution is 7.07. The Morgan fingerprint density at radius 2 is 2.17 bits per heavy atom. The van der Waals surface area contributed by atoms with Gasteiger partial charge in [-0.05, 0) is 30.9 Å². The molecule has 0 spiro atoms. The summed E-state index contributed by atoms with van der Waals surface area (Å²) in [6.45, 7) is 0.614. The lowest BCUT2D eigenvalue weighted by Crippen LogP contribution is -2.35. The van der Waals surface area contributed by atoms with E-state index in [1.807, 2.05) is 11.4 Å². The molecule has 2 aromatic rings. The van der Waals surface area contributed by atoms with Gasteiger partial charge in [-0.25, -0.2) is 4.98 Å². The number of amides is 1. The molecule has 2 N–H and O–H groups in total. The molecule has 0 aliphatic heterocycles. The molecule has 1 saturated carbocycles. The zero-order valence-electron chi connectivity index (χ0n) is 13.5. The zero-order valence-corrected chi connectivity index (χ0v) is 14.3. The van der Waals surface area contributed by atoms with E-state index < -0.39 is 6.10 Å². The van der Waals surface area contributed by atoms with Gasteiger partial charge >= 0.3 is 0 Å². The largest absolute Gasteiger partial charge is 0.486 e. The monoisotopic (exact) mass is 346 g/mol. The molecule has 1 fully saturated rings. The minimum absolute atomic E-state index is 0.221. The Hall–Kier alpha value is -1.92. The van der Waals surface area contributed by atoms with Crippen molar-refractivity contribution in [2.45, 2.75) is 38.4 Å². The van der Waals surface area contributed by atoms with Crippen LogP contribution in [0.25, 0.3) is 0 Å². The summed E-state index contributed by atoms with van der Waals surface area (Å²) in [6, 6.07) is 7.14. The Labute approximate surface area is 145 Å². The Bertz CT molecular complexity index is 654. The first-order valence-electron chi connectivity index (χ1n) is 8.29. The molecule has 1 amide bonds. The van der Waals surface area contributed by atoms with E-state index in [4.69, 9.17) is 4.74 Å². The van der Waals surface area contributed by atoms with Gasteiger partial charge in [0.2, 0.25) is 0 Å². The van der Waals surface area contributed by atoms with Crippen molar-refractivity contribution in [1.29, 1.82) is 0 Å². The molecule has 0 bridgehead atoms. The third-order valence-corrected chi connectivity index (χ3v) is 5.04. The van der Waals surface area contributed by atoms with Crippen LogP contribution in [0.3, 0.4) is 0 Å². The van der Waals surface area contributed by atoms with Gasteiger partial charge < -0.3 is 15.2 Å². The number of carbonyl (C=O) groups is 1. The number of para-hydroxylation sites is 1. The van der Waals surface area contributed by atoms with E-state index in [9.17, 15) is 9.90 Å². The number of nitrogens with zero attached hydrogens (tertiary/aromatic N) is 1. The van der Waals surface area contributed by atoms with Crippen LogP contribution in [0, 0.1) is 5.92 Å². The van der Waals surface area contributed by atoms with Crippen molar-refractivity contribution < 1.29 is 14.6 Å². The van der Waals surface area contributed by atoms with E-state index >= 15 is 0 Å². The summed E-state index contributed by atoms with van der Waals surface area (Å²) in [4.78, 5) is 16.6. The van der Waals surface area contributed by atoms with Crippen molar-refractivity contribution >= 4 is 17.2 Å². The standard InChI is InChI=1S/C18H22N2O3S/c21-16(13-5-1-2-6-13)9-19-18(22)15-7-3-4-8-17(15)23-10-14-11-24-12-20-14/h3-4,7-8,11-13,16,21H,1-2,5-6,9-10H2,(H,19,22). The van der Waals surface area contributed by atoms with Crippen LogP contribution in [0.2, 0.25) is 0 Å². The Morgan fingerprint density at radius 1 is 1.38 bits per heavy atom. The van der Waals surface area contributed by atoms with E-state index in [1.165, 1.54) is 24.2 Å². The molecule has 0 radical (unpaired) electrons. The van der Waals surface area contributed by atoms with Crippen molar-refractivity contribution in [3.05, 3.63) is 46.4 Å². The second-order valence-electron chi connectivity index (χ2n) is 6.09. The van der Waals surface area contributed by atoms with Gasteiger partial charge in [0, 0.05) is 11.9 Å². The van der Waals surface area contributed by atoms with Crippen LogP contribution < -0.4 is 10.1 Å². The fourth-order valence-corrected chi connectivity index (χ4v) is 3.59. The number of benzene rings is 1. The van der Waals surface area contributed by atoms with Crippen molar-refractivity contribution in [2.75, 3.05) is 6.54 Å². The second kappa shape index (κ2) is 8.26. The van der Waals surface area contributed by atoms with Crippen LogP contribution in [0.4, 0.5) is 0 Å². The topological polar surface area (TPSA) is 71.5 Å². The molecule has 1 aromatic heterocycles. The molecule has 1 aliphatic rings. The Morgan fingerprint density at radius 3 is 2.92 bits per heavy atom. The van der Waals surface area contributed by atoms with Crippen LogP contribution in [0.1, 0.15) is 41.7 Å². The van der Waals surface area contributed by atoms with E-state index in [-0.39, 0.29) is 12.5 Å². The summed E-state index contributed by atoms with van der Waals surface area (Å²) in [5, 5.41) is 14.9. The lowest BCUT2D eigenvalue weighted by atomic mass is 10.0. The molecule has 1 aromatic carbocycles. The molecule has 1 atom stereocenters. The lowest BCUT2D eigenvalue weighted by Gasteiger charge is -2.18. The van der Waals surface area contributed by atoms with Gasteiger partial charge in [0.25, 0.3) is 5.91 Å².